The van der Waals surface area contributed by atoms with Crippen LogP contribution in [0.25, 0.3) is 0 Å². The molecule has 7 heteroatoms. The number of aliphatic imine (C=N–C) groups is 1. The van der Waals surface area contributed by atoms with Crippen LogP contribution in [0.5, 0.6) is 5.75 Å². The SMILES string of the molecule is COc1cc(C2=NCC(C3CCC(CS(=O)(=O)C(C)C)CC3)=C2F)ccc1F. The van der Waals surface area contributed by atoms with E-state index in [1.54, 1.807) is 13.8 Å². The quantitative estimate of drug-likeness (QED) is 0.693. The standard InChI is InChI=1S/C21H27F2NO3S/c1-13(2)28(25,26)12-14-4-6-15(7-5-14)17-11-24-21(20(17)23)16-8-9-18(22)19(10-16)27-3/h8-10,13-15H,4-7,11-12H2,1-3H3. The van der Waals surface area contributed by atoms with Crippen molar-refractivity contribution >= 4 is 15.5 Å². The highest BCUT2D eigenvalue weighted by atomic mass is 32.2. The first kappa shape index (κ1) is 21.0. The molecule has 0 saturated heterocycles. The predicted molar refractivity (Wildman–Crippen MR) is 107 cm³/mol. The molecular formula is C21H27F2NO3S. The van der Waals surface area contributed by atoms with Crippen LogP contribution in [-0.2, 0) is 9.84 Å². The van der Waals surface area contributed by atoms with E-state index in [0.29, 0.717) is 17.7 Å². The van der Waals surface area contributed by atoms with Crippen LogP contribution in [0.4, 0.5) is 8.78 Å². The Morgan fingerprint density at radius 1 is 1.18 bits per heavy atom. The zero-order valence-electron chi connectivity index (χ0n) is 16.5. The summed E-state index contributed by atoms with van der Waals surface area (Å²) in [5.41, 5.74) is 1.43. The summed E-state index contributed by atoms with van der Waals surface area (Å²) < 4.78 is 57.9. The second kappa shape index (κ2) is 8.31. The highest BCUT2D eigenvalue weighted by Gasteiger charge is 2.32. The highest BCUT2D eigenvalue weighted by Crippen LogP contribution is 2.38. The van der Waals surface area contributed by atoms with Gasteiger partial charge in [0.05, 0.1) is 24.7 Å². The van der Waals surface area contributed by atoms with E-state index in [-0.39, 0.29) is 40.1 Å². The smallest absolute Gasteiger partial charge is 0.165 e. The third kappa shape index (κ3) is 4.29. The lowest BCUT2D eigenvalue weighted by atomic mass is 9.79. The molecule has 0 spiro atoms. The number of allylic oxidation sites excluding steroid dienone is 1. The number of hydrogen-bond acceptors (Lipinski definition) is 4. The fourth-order valence-electron chi connectivity index (χ4n) is 3.99. The Kier molecular flexibility index (Phi) is 6.22. The summed E-state index contributed by atoms with van der Waals surface area (Å²) in [6, 6.07) is 4.22. The summed E-state index contributed by atoms with van der Waals surface area (Å²) >= 11 is 0. The first-order valence-corrected chi connectivity index (χ1v) is 11.4. The van der Waals surface area contributed by atoms with Gasteiger partial charge in [0.1, 0.15) is 11.5 Å². The largest absolute Gasteiger partial charge is 0.494 e. The lowest BCUT2D eigenvalue weighted by Crippen LogP contribution is -2.27. The number of rotatable bonds is 6. The molecule has 2 aliphatic rings. The Bertz CT molecular complexity index is 898. The molecule has 0 atom stereocenters. The molecule has 0 amide bonds. The average molecular weight is 412 g/mol. The van der Waals surface area contributed by atoms with Gasteiger partial charge in [-0.15, -0.1) is 0 Å². The highest BCUT2D eigenvalue weighted by molar-refractivity contribution is 7.91. The van der Waals surface area contributed by atoms with Crippen molar-refractivity contribution in [2.45, 2.75) is 44.8 Å². The van der Waals surface area contributed by atoms with Gasteiger partial charge in [-0.2, -0.15) is 0 Å². The molecule has 0 bridgehead atoms. The average Bonchev–Trinajstić information content (AvgIpc) is 3.04. The van der Waals surface area contributed by atoms with Crippen molar-refractivity contribution in [2.75, 3.05) is 19.4 Å². The topological polar surface area (TPSA) is 55.7 Å². The van der Waals surface area contributed by atoms with Crippen molar-refractivity contribution in [3.05, 3.63) is 41.0 Å². The first-order chi connectivity index (χ1) is 13.2. The predicted octanol–water partition coefficient (Wildman–Crippen LogP) is 4.49. The molecule has 28 heavy (non-hydrogen) atoms. The van der Waals surface area contributed by atoms with Crippen LogP contribution in [0.2, 0.25) is 0 Å². The van der Waals surface area contributed by atoms with Gasteiger partial charge in [0.15, 0.2) is 21.4 Å². The van der Waals surface area contributed by atoms with Gasteiger partial charge >= 0.3 is 0 Å². The van der Waals surface area contributed by atoms with Crippen molar-refractivity contribution in [3.8, 4) is 5.75 Å². The van der Waals surface area contributed by atoms with Gasteiger partial charge in [-0.3, -0.25) is 4.99 Å². The van der Waals surface area contributed by atoms with E-state index in [0.717, 1.165) is 25.7 Å². The summed E-state index contributed by atoms with van der Waals surface area (Å²) in [5.74, 6) is -0.308. The van der Waals surface area contributed by atoms with Gasteiger partial charge in [-0.05, 0) is 75.1 Å². The van der Waals surface area contributed by atoms with E-state index in [1.807, 2.05) is 0 Å². The van der Waals surface area contributed by atoms with E-state index in [9.17, 15) is 12.8 Å². The fraction of sp³-hybridized carbons (Fsp3) is 0.571. The zero-order valence-corrected chi connectivity index (χ0v) is 17.4. The van der Waals surface area contributed by atoms with Crippen molar-refractivity contribution in [1.29, 1.82) is 0 Å². The van der Waals surface area contributed by atoms with Gasteiger partial charge in [0, 0.05) is 5.56 Å². The number of nitrogens with zero attached hydrogens (tertiary/aromatic N) is 1. The summed E-state index contributed by atoms with van der Waals surface area (Å²) in [4.78, 5) is 4.34. The molecule has 0 radical (unpaired) electrons. The number of methoxy groups -OCH3 is 1. The van der Waals surface area contributed by atoms with Crippen LogP contribution >= 0.6 is 0 Å². The van der Waals surface area contributed by atoms with Crippen LogP contribution < -0.4 is 4.74 Å². The molecule has 1 aromatic rings. The molecule has 1 aliphatic carbocycles. The summed E-state index contributed by atoms with van der Waals surface area (Å²) in [5, 5.41) is -0.358. The molecule has 1 fully saturated rings. The van der Waals surface area contributed by atoms with Crippen LogP contribution in [-0.4, -0.2) is 38.8 Å². The van der Waals surface area contributed by atoms with Gasteiger partial charge in [-0.25, -0.2) is 17.2 Å². The Labute approximate surface area is 165 Å². The summed E-state index contributed by atoms with van der Waals surface area (Å²) in [7, 11) is -1.68. The van der Waals surface area contributed by atoms with Crippen LogP contribution in [0.1, 0.15) is 45.1 Å². The maximum absolute atomic E-state index is 15.1. The van der Waals surface area contributed by atoms with Crippen LogP contribution in [0, 0.1) is 17.7 Å². The third-order valence-corrected chi connectivity index (χ3v) is 8.22. The van der Waals surface area contributed by atoms with Gasteiger partial charge in [0.25, 0.3) is 0 Å². The summed E-state index contributed by atoms with van der Waals surface area (Å²) in [6.07, 6.45) is 3.12. The molecule has 0 N–H and O–H groups in total. The Balaban J connectivity index is 1.68. The normalized spacial score (nSPS) is 23.3. The zero-order chi connectivity index (χ0) is 20.5. The lowest BCUT2D eigenvalue weighted by Gasteiger charge is -2.29. The van der Waals surface area contributed by atoms with Crippen molar-refractivity contribution < 1.29 is 21.9 Å². The van der Waals surface area contributed by atoms with Crippen LogP contribution in [0.15, 0.2) is 34.6 Å². The molecule has 1 aromatic carbocycles. The van der Waals surface area contributed by atoms with Gasteiger partial charge in [0.2, 0.25) is 0 Å². The fourth-order valence-corrected chi connectivity index (χ4v) is 5.36. The van der Waals surface area contributed by atoms with E-state index in [4.69, 9.17) is 4.74 Å². The Morgan fingerprint density at radius 2 is 1.86 bits per heavy atom. The van der Waals surface area contributed by atoms with Crippen molar-refractivity contribution in [1.82, 2.24) is 0 Å². The van der Waals surface area contributed by atoms with Gasteiger partial charge < -0.3 is 4.74 Å². The maximum Gasteiger partial charge on any atom is 0.165 e. The van der Waals surface area contributed by atoms with Crippen LogP contribution in [0.3, 0.4) is 0 Å². The second-order valence-corrected chi connectivity index (χ2v) is 10.6. The van der Waals surface area contributed by atoms with E-state index in [1.165, 1.54) is 25.3 Å². The molecule has 4 nitrogen and oxygen atoms in total. The number of hydrogen-bond donors (Lipinski definition) is 0. The van der Waals surface area contributed by atoms with E-state index < -0.39 is 15.7 Å². The molecule has 0 aromatic heterocycles. The molecule has 3 rings (SSSR count). The number of benzene rings is 1. The first-order valence-electron chi connectivity index (χ1n) is 9.71. The minimum Gasteiger partial charge on any atom is -0.494 e. The number of sulfone groups is 1. The molecule has 1 heterocycles. The minimum atomic E-state index is -3.05. The molecule has 154 valence electrons. The number of halogens is 2. The van der Waals surface area contributed by atoms with Gasteiger partial charge in [-0.1, -0.05) is 0 Å². The molecule has 1 aliphatic heterocycles. The van der Waals surface area contributed by atoms with E-state index in [2.05, 4.69) is 4.99 Å². The lowest BCUT2D eigenvalue weighted by molar-refractivity contribution is 0.316. The Morgan fingerprint density at radius 3 is 2.46 bits per heavy atom. The Hall–Kier alpha value is -1.76. The second-order valence-electron chi connectivity index (χ2n) is 7.95. The minimum absolute atomic E-state index is 0.0633. The molecule has 1 saturated carbocycles. The molecule has 0 unspecified atom stereocenters. The monoisotopic (exact) mass is 411 g/mol. The van der Waals surface area contributed by atoms with E-state index >= 15 is 4.39 Å². The molecular weight excluding hydrogens is 384 g/mol. The summed E-state index contributed by atoms with van der Waals surface area (Å²) in [6.45, 7) is 3.73. The number of ether oxygens (including phenoxy) is 1. The maximum atomic E-state index is 15.1. The van der Waals surface area contributed by atoms with Crippen molar-refractivity contribution in [2.24, 2.45) is 16.8 Å². The third-order valence-electron chi connectivity index (χ3n) is 5.85. The van der Waals surface area contributed by atoms with Crippen molar-refractivity contribution in [3.63, 3.8) is 0 Å².